The molecule has 0 radical (unpaired) electrons. The van der Waals surface area contributed by atoms with Crippen molar-refractivity contribution >= 4 is 5.91 Å². The summed E-state index contributed by atoms with van der Waals surface area (Å²) >= 11 is 0. The SMILES string of the molecule is O=C(Cc1ccc(F)cc1)NCC1CNC1. The Hall–Kier alpha value is -1.42. The van der Waals surface area contributed by atoms with E-state index in [9.17, 15) is 9.18 Å². The maximum atomic E-state index is 12.6. The number of hydrogen-bond donors (Lipinski definition) is 2. The van der Waals surface area contributed by atoms with Crippen molar-refractivity contribution in [1.82, 2.24) is 10.6 Å². The number of carbonyl (C=O) groups is 1. The lowest BCUT2D eigenvalue weighted by molar-refractivity contribution is -0.120. The van der Waals surface area contributed by atoms with Crippen LogP contribution >= 0.6 is 0 Å². The van der Waals surface area contributed by atoms with Crippen LogP contribution in [-0.2, 0) is 11.2 Å². The van der Waals surface area contributed by atoms with Gasteiger partial charge in [0, 0.05) is 25.6 Å². The van der Waals surface area contributed by atoms with Gasteiger partial charge in [-0.1, -0.05) is 12.1 Å². The second-order valence-electron chi connectivity index (χ2n) is 4.13. The summed E-state index contributed by atoms with van der Waals surface area (Å²) in [7, 11) is 0. The van der Waals surface area contributed by atoms with Gasteiger partial charge in [0.05, 0.1) is 6.42 Å². The number of halogens is 1. The lowest BCUT2D eigenvalue weighted by atomic mass is 10.0. The third-order valence-electron chi connectivity index (χ3n) is 2.73. The van der Waals surface area contributed by atoms with Crippen LogP contribution in [0.3, 0.4) is 0 Å². The van der Waals surface area contributed by atoms with Gasteiger partial charge in [-0.05, 0) is 17.7 Å². The molecular formula is C12H15FN2O. The second-order valence-corrected chi connectivity index (χ2v) is 4.13. The van der Waals surface area contributed by atoms with Crippen LogP contribution in [0, 0.1) is 11.7 Å². The molecule has 16 heavy (non-hydrogen) atoms. The minimum Gasteiger partial charge on any atom is -0.355 e. The zero-order valence-corrected chi connectivity index (χ0v) is 9.00. The Kier molecular flexibility index (Phi) is 3.51. The van der Waals surface area contributed by atoms with Crippen LogP contribution in [0.25, 0.3) is 0 Å². The topological polar surface area (TPSA) is 41.1 Å². The number of rotatable bonds is 4. The summed E-state index contributed by atoms with van der Waals surface area (Å²) in [5.41, 5.74) is 0.839. The average Bonchev–Trinajstić information content (AvgIpc) is 2.19. The molecule has 86 valence electrons. The highest BCUT2D eigenvalue weighted by molar-refractivity contribution is 5.78. The first-order chi connectivity index (χ1) is 7.74. The van der Waals surface area contributed by atoms with Crippen molar-refractivity contribution < 1.29 is 9.18 Å². The van der Waals surface area contributed by atoms with E-state index in [0.717, 1.165) is 25.2 Å². The molecule has 0 bridgehead atoms. The number of carbonyl (C=O) groups excluding carboxylic acids is 1. The molecule has 0 unspecified atom stereocenters. The molecule has 1 amide bonds. The fourth-order valence-corrected chi connectivity index (χ4v) is 1.60. The summed E-state index contributed by atoms with van der Waals surface area (Å²) in [6.45, 7) is 2.70. The van der Waals surface area contributed by atoms with E-state index >= 15 is 0 Å². The van der Waals surface area contributed by atoms with Crippen LogP contribution in [0.2, 0.25) is 0 Å². The summed E-state index contributed by atoms with van der Waals surface area (Å²) in [6, 6.07) is 6.02. The Bertz CT molecular complexity index is 360. The van der Waals surface area contributed by atoms with Gasteiger partial charge in [0.2, 0.25) is 5.91 Å². The Morgan fingerprint density at radius 1 is 1.38 bits per heavy atom. The first-order valence-electron chi connectivity index (χ1n) is 5.46. The molecule has 1 heterocycles. The maximum absolute atomic E-state index is 12.6. The summed E-state index contributed by atoms with van der Waals surface area (Å²) in [5, 5.41) is 6.02. The van der Waals surface area contributed by atoms with Crippen LogP contribution in [0.1, 0.15) is 5.56 Å². The standard InChI is InChI=1S/C12H15FN2O/c13-11-3-1-9(2-4-11)5-12(16)15-8-10-6-14-7-10/h1-4,10,14H,5-8H2,(H,15,16). The molecule has 0 aromatic heterocycles. The minimum absolute atomic E-state index is 0.00138. The Morgan fingerprint density at radius 2 is 2.06 bits per heavy atom. The molecule has 4 heteroatoms. The van der Waals surface area contributed by atoms with Crippen LogP contribution in [0.5, 0.6) is 0 Å². The van der Waals surface area contributed by atoms with Crippen molar-refractivity contribution in [2.24, 2.45) is 5.92 Å². The lowest BCUT2D eigenvalue weighted by Gasteiger charge is -2.27. The molecule has 2 rings (SSSR count). The van der Waals surface area contributed by atoms with Gasteiger partial charge >= 0.3 is 0 Å². The van der Waals surface area contributed by atoms with Gasteiger partial charge in [-0.2, -0.15) is 0 Å². The van der Waals surface area contributed by atoms with E-state index in [1.54, 1.807) is 12.1 Å². The van der Waals surface area contributed by atoms with Gasteiger partial charge in [-0.25, -0.2) is 4.39 Å². The zero-order chi connectivity index (χ0) is 11.4. The monoisotopic (exact) mass is 222 g/mol. The Morgan fingerprint density at radius 3 is 2.62 bits per heavy atom. The Labute approximate surface area is 94.0 Å². The van der Waals surface area contributed by atoms with Gasteiger partial charge in [0.15, 0.2) is 0 Å². The highest BCUT2D eigenvalue weighted by Gasteiger charge is 2.16. The molecule has 0 saturated carbocycles. The largest absolute Gasteiger partial charge is 0.355 e. The van der Waals surface area contributed by atoms with Crippen molar-refractivity contribution in [1.29, 1.82) is 0 Å². The summed E-state index contributed by atoms with van der Waals surface area (Å²) < 4.78 is 12.6. The Balaban J connectivity index is 1.75. The zero-order valence-electron chi connectivity index (χ0n) is 9.00. The predicted molar refractivity (Wildman–Crippen MR) is 59.5 cm³/mol. The van der Waals surface area contributed by atoms with E-state index in [2.05, 4.69) is 10.6 Å². The fourth-order valence-electron chi connectivity index (χ4n) is 1.60. The molecule has 0 atom stereocenters. The highest BCUT2D eigenvalue weighted by Crippen LogP contribution is 2.04. The predicted octanol–water partition coefficient (Wildman–Crippen LogP) is 0.704. The molecular weight excluding hydrogens is 207 g/mol. The molecule has 3 nitrogen and oxygen atoms in total. The normalized spacial score (nSPS) is 15.6. The molecule has 1 aromatic rings. The van der Waals surface area contributed by atoms with Crippen molar-refractivity contribution in [2.75, 3.05) is 19.6 Å². The quantitative estimate of drug-likeness (QED) is 0.787. The van der Waals surface area contributed by atoms with Crippen molar-refractivity contribution in [3.05, 3.63) is 35.6 Å². The van der Waals surface area contributed by atoms with E-state index in [1.807, 2.05) is 0 Å². The molecule has 1 fully saturated rings. The minimum atomic E-state index is -0.273. The van der Waals surface area contributed by atoms with Gasteiger partial charge in [-0.15, -0.1) is 0 Å². The summed E-state index contributed by atoms with van der Waals surface area (Å²) in [5.74, 6) is 0.292. The number of nitrogens with one attached hydrogen (secondary N) is 2. The molecule has 0 aliphatic carbocycles. The van der Waals surface area contributed by atoms with Crippen LogP contribution in [0.4, 0.5) is 4.39 Å². The van der Waals surface area contributed by atoms with Gasteiger partial charge in [0.1, 0.15) is 5.82 Å². The smallest absolute Gasteiger partial charge is 0.224 e. The van der Waals surface area contributed by atoms with Crippen molar-refractivity contribution in [3.63, 3.8) is 0 Å². The number of benzene rings is 1. The fraction of sp³-hybridized carbons (Fsp3) is 0.417. The lowest BCUT2D eigenvalue weighted by Crippen LogP contribution is -2.48. The third kappa shape index (κ3) is 3.03. The third-order valence-corrected chi connectivity index (χ3v) is 2.73. The average molecular weight is 222 g/mol. The van der Waals surface area contributed by atoms with E-state index < -0.39 is 0 Å². The number of amides is 1. The van der Waals surface area contributed by atoms with Crippen molar-refractivity contribution in [2.45, 2.75) is 6.42 Å². The van der Waals surface area contributed by atoms with Crippen LogP contribution in [-0.4, -0.2) is 25.5 Å². The van der Waals surface area contributed by atoms with Crippen LogP contribution in [0.15, 0.2) is 24.3 Å². The molecule has 1 saturated heterocycles. The van der Waals surface area contributed by atoms with Gasteiger partial charge < -0.3 is 10.6 Å². The van der Waals surface area contributed by atoms with Crippen molar-refractivity contribution in [3.8, 4) is 0 Å². The molecule has 2 N–H and O–H groups in total. The van der Waals surface area contributed by atoms with E-state index in [-0.39, 0.29) is 11.7 Å². The van der Waals surface area contributed by atoms with E-state index in [0.29, 0.717) is 12.3 Å². The maximum Gasteiger partial charge on any atom is 0.224 e. The van der Waals surface area contributed by atoms with Crippen LogP contribution < -0.4 is 10.6 Å². The van der Waals surface area contributed by atoms with E-state index in [1.165, 1.54) is 12.1 Å². The first kappa shape index (κ1) is 11.1. The summed E-state index contributed by atoms with van der Waals surface area (Å²) in [4.78, 5) is 11.5. The molecule has 1 aliphatic rings. The van der Waals surface area contributed by atoms with Gasteiger partial charge in [0.25, 0.3) is 0 Å². The number of hydrogen-bond acceptors (Lipinski definition) is 2. The second kappa shape index (κ2) is 5.07. The molecule has 1 aliphatic heterocycles. The summed E-state index contributed by atoms with van der Waals surface area (Å²) in [6.07, 6.45) is 0.320. The van der Waals surface area contributed by atoms with E-state index in [4.69, 9.17) is 0 Å². The molecule has 1 aromatic carbocycles. The van der Waals surface area contributed by atoms with Gasteiger partial charge in [-0.3, -0.25) is 4.79 Å². The molecule has 0 spiro atoms. The first-order valence-corrected chi connectivity index (χ1v) is 5.46. The highest BCUT2D eigenvalue weighted by atomic mass is 19.1.